The van der Waals surface area contributed by atoms with Gasteiger partial charge in [-0.05, 0) is 63.2 Å². The van der Waals surface area contributed by atoms with E-state index in [-0.39, 0.29) is 11.9 Å². The molecule has 0 saturated carbocycles. The van der Waals surface area contributed by atoms with Crippen LogP contribution in [0.15, 0.2) is 89.8 Å². The third-order valence-electron chi connectivity index (χ3n) is 5.38. The van der Waals surface area contributed by atoms with E-state index in [1.54, 1.807) is 81.9 Å². The second-order valence-corrected chi connectivity index (χ2v) is 9.17. The van der Waals surface area contributed by atoms with Gasteiger partial charge in [-0.3, -0.25) is 9.78 Å². The number of anilines is 2. The van der Waals surface area contributed by atoms with Crippen LogP contribution in [0, 0.1) is 0 Å². The molecule has 2 aromatic carbocycles. The molecule has 3 aromatic heterocycles. The number of hydrogen-bond acceptors (Lipinski definition) is 6. The fourth-order valence-electron chi connectivity index (χ4n) is 3.83. The van der Waals surface area contributed by atoms with E-state index >= 15 is 0 Å². The first-order valence-corrected chi connectivity index (χ1v) is 11.4. The zero-order valence-electron chi connectivity index (χ0n) is 20.1. The minimum absolute atomic E-state index is 0.272. The molecular formula is C28H24N4O4. The van der Waals surface area contributed by atoms with Gasteiger partial charge in [0.25, 0.3) is 5.91 Å². The van der Waals surface area contributed by atoms with E-state index in [0.29, 0.717) is 39.2 Å². The lowest BCUT2D eigenvalue weighted by Crippen LogP contribution is -2.28. The van der Waals surface area contributed by atoms with Crippen molar-refractivity contribution < 1.29 is 18.7 Å². The van der Waals surface area contributed by atoms with Crippen LogP contribution in [0.2, 0.25) is 0 Å². The van der Waals surface area contributed by atoms with Gasteiger partial charge in [0.05, 0.1) is 34.8 Å². The molecule has 0 unspecified atom stereocenters. The molecule has 36 heavy (non-hydrogen) atoms. The second-order valence-electron chi connectivity index (χ2n) is 9.17. The number of H-pyrrole nitrogens is 1. The summed E-state index contributed by atoms with van der Waals surface area (Å²) in [4.78, 5) is 40.3. The largest absolute Gasteiger partial charge is 0.463 e. The fraction of sp³-hybridized carbons (Fsp3) is 0.143. The highest BCUT2D eigenvalue weighted by Gasteiger charge is 2.26. The van der Waals surface area contributed by atoms with Crippen LogP contribution in [0.5, 0.6) is 0 Å². The number of esters is 1. The van der Waals surface area contributed by atoms with E-state index in [4.69, 9.17) is 9.15 Å². The summed E-state index contributed by atoms with van der Waals surface area (Å²) in [7, 11) is 0. The predicted molar refractivity (Wildman–Crippen MR) is 136 cm³/mol. The monoisotopic (exact) mass is 480 g/mol. The predicted octanol–water partition coefficient (Wildman–Crippen LogP) is 6.15. The number of aromatic nitrogens is 3. The molecule has 0 saturated heterocycles. The van der Waals surface area contributed by atoms with Crippen molar-refractivity contribution in [2.24, 2.45) is 0 Å². The summed E-state index contributed by atoms with van der Waals surface area (Å²) in [6, 6.07) is 19.4. The third-order valence-corrected chi connectivity index (χ3v) is 5.38. The number of benzene rings is 2. The van der Waals surface area contributed by atoms with Crippen molar-refractivity contribution in [2.75, 3.05) is 4.90 Å². The molecule has 1 amide bonds. The first kappa shape index (κ1) is 23.0. The maximum Gasteiger partial charge on any atom is 0.338 e. The van der Waals surface area contributed by atoms with Crippen LogP contribution < -0.4 is 4.90 Å². The minimum Gasteiger partial charge on any atom is -0.463 e. The Kier molecular flexibility index (Phi) is 5.85. The van der Waals surface area contributed by atoms with Gasteiger partial charge in [0.2, 0.25) is 5.95 Å². The van der Waals surface area contributed by atoms with Gasteiger partial charge in [-0.15, -0.1) is 0 Å². The number of nitrogens with one attached hydrogen (secondary N) is 1. The van der Waals surface area contributed by atoms with Crippen molar-refractivity contribution in [3.8, 4) is 11.5 Å². The van der Waals surface area contributed by atoms with Crippen LogP contribution >= 0.6 is 0 Å². The van der Waals surface area contributed by atoms with Gasteiger partial charge in [0.15, 0.2) is 5.76 Å². The van der Waals surface area contributed by atoms with Gasteiger partial charge < -0.3 is 14.1 Å². The zero-order valence-corrected chi connectivity index (χ0v) is 20.1. The first-order valence-electron chi connectivity index (χ1n) is 11.4. The molecule has 0 bridgehead atoms. The van der Waals surface area contributed by atoms with Crippen molar-refractivity contribution in [1.82, 2.24) is 15.0 Å². The SMILES string of the molecule is CC(C)(C)OC(=O)c1cccc(N(C(=O)c2ccnc3ccccc23)c2ncc(-c3ccco3)[nH]2)c1. The van der Waals surface area contributed by atoms with Crippen LogP contribution in [0.3, 0.4) is 0 Å². The number of furan rings is 1. The summed E-state index contributed by atoms with van der Waals surface area (Å²) >= 11 is 0. The fourth-order valence-corrected chi connectivity index (χ4v) is 3.83. The lowest BCUT2D eigenvalue weighted by Gasteiger charge is -2.23. The highest BCUT2D eigenvalue weighted by Crippen LogP contribution is 2.30. The molecule has 180 valence electrons. The molecule has 0 atom stereocenters. The average Bonchev–Trinajstić information content (AvgIpc) is 3.55. The molecule has 5 rings (SSSR count). The van der Waals surface area contributed by atoms with E-state index < -0.39 is 11.6 Å². The van der Waals surface area contributed by atoms with Crippen molar-refractivity contribution in [1.29, 1.82) is 0 Å². The number of ether oxygens (including phenoxy) is 1. The van der Waals surface area contributed by atoms with Crippen LogP contribution in [-0.4, -0.2) is 32.4 Å². The molecule has 1 N–H and O–H groups in total. The van der Waals surface area contributed by atoms with Gasteiger partial charge in [-0.2, -0.15) is 0 Å². The lowest BCUT2D eigenvalue weighted by atomic mass is 10.1. The molecule has 5 aromatic rings. The van der Waals surface area contributed by atoms with Gasteiger partial charge >= 0.3 is 5.97 Å². The summed E-state index contributed by atoms with van der Waals surface area (Å²) in [5.74, 6) is 0.0313. The third kappa shape index (κ3) is 4.61. The zero-order chi connectivity index (χ0) is 25.3. The Bertz CT molecular complexity index is 1540. The maximum absolute atomic E-state index is 14.1. The van der Waals surface area contributed by atoms with Crippen LogP contribution in [0.1, 0.15) is 41.5 Å². The number of carbonyl (C=O) groups is 2. The van der Waals surface area contributed by atoms with E-state index in [2.05, 4.69) is 15.0 Å². The second kappa shape index (κ2) is 9.14. The molecular weight excluding hydrogens is 456 g/mol. The maximum atomic E-state index is 14.1. The van der Waals surface area contributed by atoms with Crippen molar-refractivity contribution >= 4 is 34.4 Å². The quantitative estimate of drug-likeness (QED) is 0.303. The molecule has 8 nitrogen and oxygen atoms in total. The van der Waals surface area contributed by atoms with E-state index in [0.717, 1.165) is 0 Å². The number of hydrogen-bond donors (Lipinski definition) is 1. The number of amides is 1. The number of aromatic amines is 1. The Morgan fingerprint density at radius 2 is 1.81 bits per heavy atom. The molecule has 0 spiro atoms. The number of fused-ring (bicyclic) bond motifs is 1. The Morgan fingerprint density at radius 1 is 0.972 bits per heavy atom. The summed E-state index contributed by atoms with van der Waals surface area (Å²) in [6.07, 6.45) is 4.75. The number of pyridine rings is 1. The molecule has 0 fully saturated rings. The molecule has 0 radical (unpaired) electrons. The molecule has 0 aliphatic heterocycles. The van der Waals surface area contributed by atoms with Crippen molar-refractivity contribution in [2.45, 2.75) is 26.4 Å². The average molecular weight is 481 g/mol. The topological polar surface area (TPSA) is 101 Å². The molecule has 0 aliphatic carbocycles. The standard InChI is InChI=1S/C28H24N4O4/c1-28(2,3)36-26(34)18-8-6-9-19(16-18)32(27-30-17-23(31-27)24-12-7-15-35-24)25(33)21-13-14-29-22-11-5-4-10-20(21)22/h4-17H,1-3H3,(H,30,31). The number of rotatable bonds is 5. The van der Waals surface area contributed by atoms with Crippen molar-refractivity contribution in [3.05, 3.63) is 96.5 Å². The van der Waals surface area contributed by atoms with E-state index in [1.165, 1.54) is 4.90 Å². The van der Waals surface area contributed by atoms with Crippen LogP contribution in [-0.2, 0) is 4.74 Å². The molecule has 8 heteroatoms. The Balaban J connectivity index is 1.62. The number of carbonyl (C=O) groups excluding carboxylic acids is 2. The summed E-state index contributed by atoms with van der Waals surface area (Å²) in [6.45, 7) is 5.41. The van der Waals surface area contributed by atoms with Gasteiger partial charge in [-0.1, -0.05) is 24.3 Å². The Labute approximate surface area is 207 Å². The molecule has 3 heterocycles. The van der Waals surface area contributed by atoms with Gasteiger partial charge in [0, 0.05) is 11.6 Å². The normalized spacial score (nSPS) is 11.4. The first-order chi connectivity index (χ1) is 17.3. The smallest absolute Gasteiger partial charge is 0.338 e. The summed E-state index contributed by atoms with van der Waals surface area (Å²) in [5.41, 5.74) is 1.86. The summed E-state index contributed by atoms with van der Waals surface area (Å²) < 4.78 is 11.0. The van der Waals surface area contributed by atoms with Crippen molar-refractivity contribution in [3.63, 3.8) is 0 Å². The molecule has 0 aliphatic rings. The van der Waals surface area contributed by atoms with Crippen LogP contribution in [0.4, 0.5) is 11.6 Å². The van der Waals surface area contributed by atoms with Gasteiger partial charge in [0.1, 0.15) is 11.3 Å². The van der Waals surface area contributed by atoms with E-state index in [1.807, 2.05) is 24.3 Å². The van der Waals surface area contributed by atoms with E-state index in [9.17, 15) is 9.59 Å². The summed E-state index contributed by atoms with van der Waals surface area (Å²) in [5, 5.41) is 0.705. The number of nitrogens with zero attached hydrogens (tertiary/aromatic N) is 3. The lowest BCUT2D eigenvalue weighted by molar-refractivity contribution is 0.00693. The minimum atomic E-state index is -0.655. The number of para-hydroxylation sites is 1. The number of imidazole rings is 1. The Morgan fingerprint density at radius 3 is 2.58 bits per heavy atom. The van der Waals surface area contributed by atoms with Crippen LogP contribution in [0.25, 0.3) is 22.4 Å². The van der Waals surface area contributed by atoms with Gasteiger partial charge in [-0.25, -0.2) is 14.7 Å². The highest BCUT2D eigenvalue weighted by atomic mass is 16.6. The highest BCUT2D eigenvalue weighted by molar-refractivity contribution is 6.16. The Hall–Kier alpha value is -4.72.